The maximum atomic E-state index is 11.8. The molecule has 0 amide bonds. The van der Waals surface area contributed by atoms with Gasteiger partial charge in [0.05, 0.1) is 6.07 Å². The molecule has 4 heteroatoms. The van der Waals surface area contributed by atoms with Crippen LogP contribution in [0.5, 0.6) is 0 Å². The van der Waals surface area contributed by atoms with Crippen LogP contribution in [-0.2, 0) is 13.0 Å². The Bertz CT molecular complexity index is 537. The lowest BCUT2D eigenvalue weighted by molar-refractivity contribution is 0.0970. The van der Waals surface area contributed by atoms with Crippen LogP contribution in [0.25, 0.3) is 0 Å². The maximum absolute atomic E-state index is 11.8. The van der Waals surface area contributed by atoms with Gasteiger partial charge < -0.3 is 4.57 Å². The molecule has 0 aliphatic heterocycles. The normalized spacial score (nSPS) is 14.2. The fourth-order valence-electron chi connectivity index (χ4n) is 2.26. The van der Waals surface area contributed by atoms with E-state index in [-0.39, 0.29) is 11.3 Å². The summed E-state index contributed by atoms with van der Waals surface area (Å²) in [6.07, 6.45) is 3.26. The lowest BCUT2D eigenvalue weighted by atomic mass is 9.94. The quantitative estimate of drug-likeness (QED) is 0.742. The highest BCUT2D eigenvalue weighted by Gasteiger charge is 2.20. The van der Waals surface area contributed by atoms with Crippen LogP contribution in [-0.4, -0.2) is 10.4 Å². The first kappa shape index (κ1) is 11.6. The van der Waals surface area contributed by atoms with Crippen molar-refractivity contribution in [2.45, 2.75) is 38.6 Å². The van der Waals surface area contributed by atoms with E-state index in [4.69, 9.17) is 5.26 Å². The Hall–Kier alpha value is -1.89. The summed E-state index contributed by atoms with van der Waals surface area (Å²) >= 11 is 0. The summed E-state index contributed by atoms with van der Waals surface area (Å²) in [5, 5.41) is 8.50. The molecule has 0 saturated carbocycles. The summed E-state index contributed by atoms with van der Waals surface area (Å²) < 4.78 is 1.66. The summed E-state index contributed by atoms with van der Waals surface area (Å²) in [6.45, 7) is 0.531. The zero-order chi connectivity index (χ0) is 12.3. The van der Waals surface area contributed by atoms with Gasteiger partial charge in [-0.2, -0.15) is 5.26 Å². The van der Waals surface area contributed by atoms with Crippen molar-refractivity contribution >= 4 is 5.78 Å². The third kappa shape index (κ3) is 2.28. The molecule has 0 fully saturated rings. The number of pyridine rings is 1. The van der Waals surface area contributed by atoms with Crippen LogP contribution < -0.4 is 5.56 Å². The van der Waals surface area contributed by atoms with Crippen molar-refractivity contribution in [1.82, 2.24) is 4.57 Å². The summed E-state index contributed by atoms with van der Waals surface area (Å²) in [5.74, 6) is 0.125. The topological polar surface area (TPSA) is 62.9 Å². The van der Waals surface area contributed by atoms with E-state index in [1.807, 2.05) is 0 Å². The highest BCUT2D eigenvalue weighted by Crippen LogP contribution is 2.19. The van der Waals surface area contributed by atoms with Crippen molar-refractivity contribution in [3.8, 4) is 6.07 Å². The van der Waals surface area contributed by atoms with Crippen LogP contribution >= 0.6 is 0 Å². The van der Waals surface area contributed by atoms with Crippen LogP contribution in [0.4, 0.5) is 0 Å². The second-order valence-corrected chi connectivity index (χ2v) is 4.22. The molecule has 0 radical (unpaired) electrons. The Morgan fingerprint density at radius 3 is 2.88 bits per heavy atom. The summed E-state index contributed by atoms with van der Waals surface area (Å²) in [4.78, 5) is 23.5. The molecular formula is C13H14N2O2. The van der Waals surface area contributed by atoms with Crippen LogP contribution in [0.3, 0.4) is 0 Å². The van der Waals surface area contributed by atoms with Gasteiger partial charge in [0.1, 0.15) is 0 Å². The Morgan fingerprint density at radius 2 is 2.12 bits per heavy atom. The minimum absolute atomic E-state index is 0.0728. The van der Waals surface area contributed by atoms with Crippen molar-refractivity contribution in [3.05, 3.63) is 33.7 Å². The number of unbranched alkanes of at least 4 members (excludes halogenated alkanes) is 1. The predicted octanol–water partition coefficient (Wildman–Crippen LogP) is 1.67. The molecule has 0 aromatic carbocycles. The van der Waals surface area contributed by atoms with Crippen LogP contribution in [0, 0.1) is 11.3 Å². The van der Waals surface area contributed by atoms with E-state index in [1.54, 1.807) is 10.6 Å². The fourth-order valence-corrected chi connectivity index (χ4v) is 2.26. The van der Waals surface area contributed by atoms with Gasteiger partial charge >= 0.3 is 0 Å². The Balaban J connectivity index is 2.37. The van der Waals surface area contributed by atoms with E-state index in [9.17, 15) is 9.59 Å². The monoisotopic (exact) mass is 230 g/mol. The summed E-state index contributed by atoms with van der Waals surface area (Å²) in [5.41, 5.74) is 1.47. The number of rotatable bonds is 3. The van der Waals surface area contributed by atoms with Crippen LogP contribution in [0.15, 0.2) is 16.9 Å². The van der Waals surface area contributed by atoms with Crippen LogP contribution in [0.2, 0.25) is 0 Å². The van der Waals surface area contributed by atoms with E-state index in [1.165, 1.54) is 6.07 Å². The number of hydrogen-bond donors (Lipinski definition) is 0. The molecule has 0 unspecified atom stereocenters. The number of aromatic nitrogens is 1. The molecule has 1 aliphatic carbocycles. The molecule has 2 rings (SSSR count). The van der Waals surface area contributed by atoms with Gasteiger partial charge in [0.25, 0.3) is 5.56 Å². The number of Topliss-reactive ketones (excluding diaryl/α,β-unsaturated/α-hetero) is 1. The second-order valence-electron chi connectivity index (χ2n) is 4.22. The van der Waals surface area contributed by atoms with Crippen molar-refractivity contribution in [1.29, 1.82) is 5.26 Å². The molecule has 0 saturated heterocycles. The minimum Gasteiger partial charge on any atom is -0.312 e. The van der Waals surface area contributed by atoms with Gasteiger partial charge in [-0.05, 0) is 25.3 Å². The number of carbonyl (C=O) groups is 1. The number of carbonyl (C=O) groups excluding carboxylic acids is 1. The van der Waals surface area contributed by atoms with Gasteiger partial charge in [-0.3, -0.25) is 9.59 Å². The number of hydrogen-bond acceptors (Lipinski definition) is 3. The summed E-state index contributed by atoms with van der Waals surface area (Å²) in [7, 11) is 0. The van der Waals surface area contributed by atoms with Crippen LogP contribution in [0.1, 0.15) is 41.7 Å². The minimum atomic E-state index is -0.0728. The highest BCUT2D eigenvalue weighted by molar-refractivity contribution is 5.97. The van der Waals surface area contributed by atoms with Crippen molar-refractivity contribution in [3.63, 3.8) is 0 Å². The molecule has 0 spiro atoms. The Labute approximate surface area is 99.5 Å². The lowest BCUT2D eigenvalue weighted by Gasteiger charge is -2.19. The highest BCUT2D eigenvalue weighted by atomic mass is 16.1. The van der Waals surface area contributed by atoms with Gasteiger partial charge in [-0.15, -0.1) is 0 Å². The second kappa shape index (κ2) is 4.96. The number of fused-ring (bicyclic) bond motifs is 1. The zero-order valence-corrected chi connectivity index (χ0v) is 9.61. The maximum Gasteiger partial charge on any atom is 0.250 e. The molecule has 4 nitrogen and oxygen atoms in total. The first-order valence-corrected chi connectivity index (χ1v) is 5.87. The van der Waals surface area contributed by atoms with Crippen molar-refractivity contribution in [2.75, 3.05) is 0 Å². The molecule has 1 aromatic heterocycles. The largest absolute Gasteiger partial charge is 0.312 e. The average Bonchev–Trinajstić information content (AvgIpc) is 2.32. The Morgan fingerprint density at radius 1 is 1.29 bits per heavy atom. The smallest absolute Gasteiger partial charge is 0.250 e. The van der Waals surface area contributed by atoms with E-state index in [0.717, 1.165) is 18.5 Å². The molecule has 1 heterocycles. The van der Waals surface area contributed by atoms with Gasteiger partial charge in [-0.25, -0.2) is 0 Å². The molecule has 0 bridgehead atoms. The lowest BCUT2D eigenvalue weighted by Crippen LogP contribution is -2.27. The van der Waals surface area contributed by atoms with Gasteiger partial charge in [0, 0.05) is 36.7 Å². The van der Waals surface area contributed by atoms with Gasteiger partial charge in [-0.1, -0.05) is 0 Å². The van der Waals surface area contributed by atoms with E-state index < -0.39 is 0 Å². The first-order valence-electron chi connectivity index (χ1n) is 5.87. The van der Waals surface area contributed by atoms with E-state index in [2.05, 4.69) is 6.07 Å². The van der Waals surface area contributed by atoms with Gasteiger partial charge in [0.2, 0.25) is 0 Å². The standard InChI is InChI=1S/C13H14N2O2/c14-8-1-2-9-15-11-4-3-5-12(16)10(11)6-7-13(15)17/h6-7H,1-5,9H2. The average molecular weight is 230 g/mol. The van der Waals surface area contributed by atoms with Gasteiger partial charge in [0.15, 0.2) is 5.78 Å². The van der Waals surface area contributed by atoms with E-state index in [0.29, 0.717) is 31.4 Å². The van der Waals surface area contributed by atoms with Crippen molar-refractivity contribution in [2.24, 2.45) is 0 Å². The first-order chi connectivity index (χ1) is 8.24. The fraction of sp³-hybridized carbons (Fsp3) is 0.462. The summed E-state index contributed by atoms with van der Waals surface area (Å²) in [6, 6.07) is 5.16. The SMILES string of the molecule is N#CCCCn1c2c(ccc1=O)C(=O)CCC2. The molecular weight excluding hydrogens is 216 g/mol. The molecule has 17 heavy (non-hydrogen) atoms. The zero-order valence-electron chi connectivity index (χ0n) is 9.61. The molecule has 1 aliphatic rings. The van der Waals surface area contributed by atoms with E-state index >= 15 is 0 Å². The predicted molar refractivity (Wildman–Crippen MR) is 62.8 cm³/mol. The number of ketones is 1. The number of nitrogens with zero attached hydrogens (tertiary/aromatic N) is 2. The molecule has 0 N–H and O–H groups in total. The Kier molecular flexibility index (Phi) is 3.38. The third-order valence-electron chi connectivity index (χ3n) is 3.08. The number of nitriles is 1. The molecule has 88 valence electrons. The molecule has 1 aromatic rings. The van der Waals surface area contributed by atoms with Crippen molar-refractivity contribution < 1.29 is 4.79 Å². The molecule has 0 atom stereocenters. The third-order valence-corrected chi connectivity index (χ3v) is 3.08.